The van der Waals surface area contributed by atoms with E-state index in [0.717, 1.165) is 19.4 Å². The fourth-order valence-electron chi connectivity index (χ4n) is 2.42. The molecule has 0 bridgehead atoms. The first-order valence-corrected chi connectivity index (χ1v) is 7.08. The molecule has 5 nitrogen and oxygen atoms in total. The van der Waals surface area contributed by atoms with E-state index in [9.17, 15) is 9.59 Å². The van der Waals surface area contributed by atoms with Crippen molar-refractivity contribution in [1.29, 1.82) is 0 Å². The monoisotopic (exact) mass is 257 g/mol. The summed E-state index contributed by atoms with van der Waals surface area (Å²) in [5, 5.41) is 2.60. The molecule has 3 unspecified atom stereocenters. The second-order valence-corrected chi connectivity index (χ2v) is 5.69. The number of hydrogen-bond donors (Lipinski definition) is 2. The van der Waals surface area contributed by atoms with Gasteiger partial charge in [-0.05, 0) is 12.3 Å². The first kappa shape index (κ1) is 12.7. The molecule has 0 aromatic heterocycles. The Hall–Kier alpha value is -0.750. The predicted octanol–water partition coefficient (Wildman–Crippen LogP) is 0.397. The van der Waals surface area contributed by atoms with E-state index in [2.05, 4.69) is 12.2 Å². The van der Waals surface area contributed by atoms with Crippen LogP contribution in [0.2, 0.25) is 0 Å². The van der Waals surface area contributed by atoms with E-state index in [1.165, 1.54) is 11.8 Å². The molecule has 2 fully saturated rings. The Morgan fingerprint density at radius 3 is 3.00 bits per heavy atom. The van der Waals surface area contributed by atoms with Crippen molar-refractivity contribution in [2.75, 3.05) is 18.8 Å². The van der Waals surface area contributed by atoms with Gasteiger partial charge in [0.2, 0.25) is 5.91 Å². The summed E-state index contributed by atoms with van der Waals surface area (Å²) < 4.78 is 0. The molecule has 0 saturated carbocycles. The van der Waals surface area contributed by atoms with Gasteiger partial charge in [-0.25, -0.2) is 0 Å². The third-order valence-electron chi connectivity index (χ3n) is 3.60. The summed E-state index contributed by atoms with van der Waals surface area (Å²) >= 11 is 1.18. The molecule has 0 radical (unpaired) electrons. The molecule has 0 aromatic rings. The Balaban J connectivity index is 1.94. The fourth-order valence-corrected chi connectivity index (χ4v) is 3.19. The molecule has 3 N–H and O–H groups in total. The third kappa shape index (κ3) is 2.74. The van der Waals surface area contributed by atoms with Crippen molar-refractivity contribution in [3.63, 3.8) is 0 Å². The van der Waals surface area contributed by atoms with Gasteiger partial charge in [0.05, 0.1) is 0 Å². The topological polar surface area (TPSA) is 75.4 Å². The number of nitrogens with one attached hydrogen (secondary N) is 1. The van der Waals surface area contributed by atoms with Crippen LogP contribution in [0.3, 0.4) is 0 Å². The van der Waals surface area contributed by atoms with Gasteiger partial charge in [0.15, 0.2) is 0 Å². The number of thioether (sulfide) groups is 1. The first-order valence-electron chi connectivity index (χ1n) is 6.09. The molecule has 0 aliphatic carbocycles. The Labute approximate surface area is 105 Å². The Morgan fingerprint density at radius 2 is 2.41 bits per heavy atom. The van der Waals surface area contributed by atoms with Crippen LogP contribution in [-0.2, 0) is 4.79 Å². The molecular weight excluding hydrogens is 238 g/mol. The minimum Gasteiger partial charge on any atom is -0.340 e. The summed E-state index contributed by atoms with van der Waals surface area (Å²) in [6.45, 7) is 3.55. The zero-order valence-corrected chi connectivity index (χ0v) is 10.8. The normalized spacial score (nSPS) is 33.6. The van der Waals surface area contributed by atoms with E-state index < -0.39 is 0 Å². The van der Waals surface area contributed by atoms with Crippen molar-refractivity contribution in [2.24, 2.45) is 11.7 Å². The molecule has 0 aromatic carbocycles. The van der Waals surface area contributed by atoms with Crippen LogP contribution in [0.5, 0.6) is 0 Å². The maximum Gasteiger partial charge on any atom is 0.279 e. The summed E-state index contributed by atoms with van der Waals surface area (Å²) in [7, 11) is 0. The number of likely N-dealkylation sites (tertiary alicyclic amines) is 1. The predicted molar refractivity (Wildman–Crippen MR) is 67.7 cm³/mol. The van der Waals surface area contributed by atoms with Crippen molar-refractivity contribution in [1.82, 2.24) is 10.2 Å². The van der Waals surface area contributed by atoms with E-state index in [-0.39, 0.29) is 23.2 Å². The van der Waals surface area contributed by atoms with E-state index in [1.807, 2.05) is 4.90 Å². The number of nitrogens with two attached hydrogens (primary N) is 1. The standard InChI is InChI=1S/C11H19N3O2S/c1-2-7-5-14(4-3-8(7)12)10(15)9-6-17-11(16)13-9/h7-9H,2-6,12H2,1H3,(H,13,16). The van der Waals surface area contributed by atoms with Gasteiger partial charge in [0, 0.05) is 24.9 Å². The van der Waals surface area contributed by atoms with Gasteiger partial charge in [-0.3, -0.25) is 9.59 Å². The van der Waals surface area contributed by atoms with Crippen LogP contribution in [0.4, 0.5) is 4.79 Å². The van der Waals surface area contributed by atoms with Crippen LogP contribution in [0, 0.1) is 5.92 Å². The van der Waals surface area contributed by atoms with E-state index in [1.54, 1.807) is 0 Å². The van der Waals surface area contributed by atoms with Crippen molar-refractivity contribution in [3.05, 3.63) is 0 Å². The number of nitrogens with zero attached hydrogens (tertiary/aromatic N) is 1. The van der Waals surface area contributed by atoms with Gasteiger partial charge in [-0.1, -0.05) is 25.1 Å². The molecule has 2 amide bonds. The number of carbonyl (C=O) groups is 2. The molecule has 2 aliphatic heterocycles. The third-order valence-corrected chi connectivity index (χ3v) is 4.48. The van der Waals surface area contributed by atoms with Crippen LogP contribution >= 0.6 is 11.8 Å². The second kappa shape index (κ2) is 5.27. The second-order valence-electron chi connectivity index (χ2n) is 4.70. The molecule has 2 rings (SSSR count). The SMILES string of the molecule is CCC1CN(C(=O)C2CSC(=O)N2)CCC1N. The number of piperidine rings is 1. The summed E-state index contributed by atoms with van der Waals surface area (Å²) in [5.41, 5.74) is 6.02. The zero-order chi connectivity index (χ0) is 12.4. The average molecular weight is 257 g/mol. The van der Waals surface area contributed by atoms with E-state index in [4.69, 9.17) is 5.73 Å². The minimum atomic E-state index is -0.334. The summed E-state index contributed by atoms with van der Waals surface area (Å²) in [6, 6.07) is -0.129. The van der Waals surface area contributed by atoms with Gasteiger partial charge >= 0.3 is 0 Å². The Bertz CT molecular complexity index is 324. The molecule has 3 atom stereocenters. The number of rotatable bonds is 2. The zero-order valence-electron chi connectivity index (χ0n) is 10.0. The van der Waals surface area contributed by atoms with Gasteiger partial charge < -0.3 is 16.0 Å². The van der Waals surface area contributed by atoms with Crippen LogP contribution in [0.15, 0.2) is 0 Å². The van der Waals surface area contributed by atoms with Crippen LogP contribution in [-0.4, -0.2) is 47.0 Å². The highest BCUT2D eigenvalue weighted by Gasteiger charge is 2.35. The largest absolute Gasteiger partial charge is 0.340 e. The lowest BCUT2D eigenvalue weighted by atomic mass is 9.90. The Morgan fingerprint density at radius 1 is 1.65 bits per heavy atom. The highest BCUT2D eigenvalue weighted by atomic mass is 32.2. The van der Waals surface area contributed by atoms with Gasteiger partial charge in [-0.15, -0.1) is 0 Å². The minimum absolute atomic E-state index is 0.0497. The van der Waals surface area contributed by atoms with E-state index in [0.29, 0.717) is 18.2 Å². The molecule has 96 valence electrons. The van der Waals surface area contributed by atoms with E-state index >= 15 is 0 Å². The highest BCUT2D eigenvalue weighted by Crippen LogP contribution is 2.21. The smallest absolute Gasteiger partial charge is 0.279 e. The lowest BCUT2D eigenvalue weighted by Gasteiger charge is -2.37. The van der Waals surface area contributed by atoms with Crippen LogP contribution in [0.1, 0.15) is 19.8 Å². The molecule has 6 heteroatoms. The highest BCUT2D eigenvalue weighted by molar-refractivity contribution is 8.14. The lowest BCUT2D eigenvalue weighted by Crippen LogP contribution is -2.53. The summed E-state index contributed by atoms with van der Waals surface area (Å²) in [5.74, 6) is 0.989. The number of amides is 2. The molecule has 2 heterocycles. The van der Waals surface area contributed by atoms with Gasteiger partial charge in [0.25, 0.3) is 5.24 Å². The summed E-state index contributed by atoms with van der Waals surface area (Å²) in [4.78, 5) is 25.1. The molecule has 2 aliphatic rings. The van der Waals surface area contributed by atoms with Crippen molar-refractivity contribution < 1.29 is 9.59 Å². The van der Waals surface area contributed by atoms with Crippen molar-refractivity contribution in [3.8, 4) is 0 Å². The summed E-state index contributed by atoms with van der Waals surface area (Å²) in [6.07, 6.45) is 1.86. The fraction of sp³-hybridized carbons (Fsp3) is 0.818. The van der Waals surface area contributed by atoms with Crippen LogP contribution in [0.25, 0.3) is 0 Å². The van der Waals surface area contributed by atoms with Crippen LogP contribution < -0.4 is 11.1 Å². The number of hydrogen-bond acceptors (Lipinski definition) is 4. The number of carbonyl (C=O) groups excluding carboxylic acids is 2. The van der Waals surface area contributed by atoms with Crippen molar-refractivity contribution in [2.45, 2.75) is 31.8 Å². The maximum absolute atomic E-state index is 12.2. The Kier molecular flexibility index (Phi) is 3.93. The average Bonchev–Trinajstić information content (AvgIpc) is 2.75. The van der Waals surface area contributed by atoms with Gasteiger partial charge in [0.1, 0.15) is 6.04 Å². The lowest BCUT2D eigenvalue weighted by molar-refractivity contribution is -0.134. The maximum atomic E-state index is 12.2. The molecular formula is C11H19N3O2S. The molecule has 2 saturated heterocycles. The molecule has 0 spiro atoms. The quantitative estimate of drug-likeness (QED) is 0.750. The van der Waals surface area contributed by atoms with Gasteiger partial charge in [-0.2, -0.15) is 0 Å². The molecule has 17 heavy (non-hydrogen) atoms. The van der Waals surface area contributed by atoms with Crippen molar-refractivity contribution >= 4 is 22.9 Å². The first-order chi connectivity index (χ1) is 8.11.